The molecule has 1 heterocycles. The second-order valence-electron chi connectivity index (χ2n) is 4.42. The normalized spacial score (nSPS) is 10.5. The number of carbonyl (C=O) groups excluding carboxylic acids is 2. The van der Waals surface area contributed by atoms with Crippen molar-refractivity contribution in [2.75, 3.05) is 0 Å². The maximum absolute atomic E-state index is 11.5. The van der Waals surface area contributed by atoms with Crippen molar-refractivity contribution in [2.24, 2.45) is 5.10 Å². The van der Waals surface area contributed by atoms with Gasteiger partial charge < -0.3 is 9.73 Å². The molecule has 1 aromatic carbocycles. The lowest BCUT2D eigenvalue weighted by Crippen LogP contribution is -2.37. The highest BCUT2D eigenvalue weighted by Gasteiger charge is 2.13. The van der Waals surface area contributed by atoms with Crippen LogP contribution >= 0.6 is 11.6 Å². The molecule has 124 valence electrons. The van der Waals surface area contributed by atoms with E-state index in [0.29, 0.717) is 5.76 Å². The Morgan fingerprint density at radius 1 is 1.33 bits per heavy atom. The van der Waals surface area contributed by atoms with Crippen molar-refractivity contribution < 1.29 is 18.9 Å². The zero-order valence-corrected chi connectivity index (χ0v) is 12.8. The molecule has 0 saturated carbocycles. The van der Waals surface area contributed by atoms with E-state index < -0.39 is 16.7 Å². The standard InChI is InChI=1S/C14H11ClN4O5/c15-12-4-3-10(19(22)23)6-9(12)7-17-18-14(21)13(20)16-8-11-2-1-5-24-11/h1-7H,8H2,(H,16,20)(H,18,21)/b17-7-. The van der Waals surface area contributed by atoms with Crippen LogP contribution in [0.2, 0.25) is 5.02 Å². The summed E-state index contributed by atoms with van der Waals surface area (Å²) >= 11 is 5.87. The minimum atomic E-state index is -1.00. The van der Waals surface area contributed by atoms with Gasteiger partial charge in [0.05, 0.1) is 23.9 Å². The highest BCUT2D eigenvalue weighted by atomic mass is 35.5. The Labute approximate surface area is 140 Å². The van der Waals surface area contributed by atoms with Gasteiger partial charge in [-0.15, -0.1) is 0 Å². The zero-order chi connectivity index (χ0) is 17.5. The fourth-order valence-electron chi connectivity index (χ4n) is 1.62. The Hall–Kier alpha value is -3.20. The topological polar surface area (TPSA) is 127 Å². The minimum absolute atomic E-state index is 0.0552. The number of furan rings is 1. The fraction of sp³-hybridized carbons (Fsp3) is 0.0714. The average Bonchev–Trinajstić information content (AvgIpc) is 3.07. The number of hydrazone groups is 1. The van der Waals surface area contributed by atoms with Crippen LogP contribution in [0.15, 0.2) is 46.1 Å². The molecule has 0 radical (unpaired) electrons. The van der Waals surface area contributed by atoms with Gasteiger partial charge in [0.1, 0.15) is 5.76 Å². The summed E-state index contributed by atoms with van der Waals surface area (Å²) in [5, 5.41) is 16.8. The van der Waals surface area contributed by atoms with Gasteiger partial charge in [0, 0.05) is 22.7 Å². The SMILES string of the molecule is O=C(NCc1ccco1)C(=O)N/N=C\c1cc([N+](=O)[O-])ccc1Cl. The molecule has 24 heavy (non-hydrogen) atoms. The second-order valence-corrected chi connectivity index (χ2v) is 4.83. The Morgan fingerprint density at radius 3 is 2.79 bits per heavy atom. The lowest BCUT2D eigenvalue weighted by Gasteiger charge is -2.02. The molecular formula is C14H11ClN4O5. The third-order valence-corrected chi connectivity index (χ3v) is 3.11. The van der Waals surface area contributed by atoms with Gasteiger partial charge >= 0.3 is 11.8 Å². The number of nitro groups is 1. The number of non-ortho nitro benzene ring substituents is 1. The zero-order valence-electron chi connectivity index (χ0n) is 12.1. The monoisotopic (exact) mass is 350 g/mol. The molecule has 0 aliphatic rings. The molecule has 0 atom stereocenters. The number of nitrogens with zero attached hydrogens (tertiary/aromatic N) is 2. The molecule has 0 unspecified atom stereocenters. The van der Waals surface area contributed by atoms with E-state index in [1.165, 1.54) is 24.5 Å². The third-order valence-electron chi connectivity index (χ3n) is 2.77. The third kappa shape index (κ3) is 4.65. The molecule has 1 aromatic heterocycles. The Bertz CT molecular complexity index is 788. The summed E-state index contributed by atoms with van der Waals surface area (Å²) in [6.07, 6.45) is 2.54. The molecule has 2 rings (SSSR count). The van der Waals surface area contributed by atoms with Gasteiger partial charge in [0.15, 0.2) is 0 Å². The first-order chi connectivity index (χ1) is 11.5. The Morgan fingerprint density at radius 2 is 2.12 bits per heavy atom. The number of amides is 2. The lowest BCUT2D eigenvalue weighted by molar-refractivity contribution is -0.384. The summed E-state index contributed by atoms with van der Waals surface area (Å²) in [6.45, 7) is 0.0552. The number of rotatable bonds is 5. The van der Waals surface area contributed by atoms with Gasteiger partial charge in [-0.2, -0.15) is 5.10 Å². The largest absolute Gasteiger partial charge is 0.467 e. The van der Waals surface area contributed by atoms with E-state index in [2.05, 4.69) is 10.4 Å². The fourth-order valence-corrected chi connectivity index (χ4v) is 1.78. The second kappa shape index (κ2) is 7.88. The van der Waals surface area contributed by atoms with E-state index >= 15 is 0 Å². The van der Waals surface area contributed by atoms with Crippen molar-refractivity contribution in [2.45, 2.75) is 6.54 Å². The quantitative estimate of drug-likeness (QED) is 0.366. The maximum atomic E-state index is 11.5. The first-order valence-electron chi connectivity index (χ1n) is 6.55. The van der Waals surface area contributed by atoms with E-state index in [-0.39, 0.29) is 22.8 Å². The molecule has 2 aromatic rings. The van der Waals surface area contributed by atoms with Crippen LogP contribution < -0.4 is 10.7 Å². The van der Waals surface area contributed by atoms with E-state index in [1.54, 1.807) is 12.1 Å². The van der Waals surface area contributed by atoms with Crippen molar-refractivity contribution in [3.05, 3.63) is 63.1 Å². The predicted octanol–water partition coefficient (Wildman–Crippen LogP) is 1.61. The summed E-state index contributed by atoms with van der Waals surface area (Å²) < 4.78 is 5.00. The van der Waals surface area contributed by atoms with Gasteiger partial charge in [-0.25, -0.2) is 5.43 Å². The summed E-state index contributed by atoms with van der Waals surface area (Å²) in [5.74, 6) is -1.42. The molecule has 0 spiro atoms. The lowest BCUT2D eigenvalue weighted by atomic mass is 10.2. The predicted molar refractivity (Wildman–Crippen MR) is 84.4 cm³/mol. The van der Waals surface area contributed by atoms with E-state index in [9.17, 15) is 19.7 Å². The van der Waals surface area contributed by atoms with Crippen molar-refractivity contribution in [3.8, 4) is 0 Å². The molecule has 0 fully saturated rings. The van der Waals surface area contributed by atoms with Crippen LogP contribution in [-0.2, 0) is 16.1 Å². The Kier molecular flexibility index (Phi) is 5.63. The smallest absolute Gasteiger partial charge is 0.329 e. The van der Waals surface area contributed by atoms with E-state index in [4.69, 9.17) is 16.0 Å². The highest BCUT2D eigenvalue weighted by molar-refractivity contribution is 6.35. The minimum Gasteiger partial charge on any atom is -0.467 e. The van der Waals surface area contributed by atoms with Crippen LogP contribution in [0, 0.1) is 10.1 Å². The van der Waals surface area contributed by atoms with Gasteiger partial charge in [0.25, 0.3) is 5.69 Å². The molecule has 0 bridgehead atoms. The first-order valence-corrected chi connectivity index (χ1v) is 6.92. The summed E-state index contributed by atoms with van der Waals surface area (Å²) in [7, 11) is 0. The van der Waals surface area contributed by atoms with E-state index in [0.717, 1.165) is 6.21 Å². The number of hydrogen-bond acceptors (Lipinski definition) is 6. The number of benzene rings is 1. The molecule has 0 aliphatic carbocycles. The van der Waals surface area contributed by atoms with Gasteiger partial charge in [0.2, 0.25) is 0 Å². The average molecular weight is 351 g/mol. The van der Waals surface area contributed by atoms with Crippen LogP contribution in [0.1, 0.15) is 11.3 Å². The molecule has 10 heteroatoms. The van der Waals surface area contributed by atoms with Crippen molar-refractivity contribution in [1.82, 2.24) is 10.7 Å². The van der Waals surface area contributed by atoms with Crippen molar-refractivity contribution in [1.29, 1.82) is 0 Å². The maximum Gasteiger partial charge on any atom is 0.329 e. The number of nitro benzene ring substituents is 1. The molecule has 2 N–H and O–H groups in total. The van der Waals surface area contributed by atoms with Crippen LogP contribution in [0.4, 0.5) is 5.69 Å². The van der Waals surface area contributed by atoms with Crippen molar-refractivity contribution >= 4 is 35.3 Å². The van der Waals surface area contributed by atoms with Gasteiger partial charge in [-0.1, -0.05) is 11.6 Å². The number of nitrogens with one attached hydrogen (secondary N) is 2. The van der Waals surface area contributed by atoms with Crippen LogP contribution in [-0.4, -0.2) is 23.0 Å². The molecule has 0 saturated heterocycles. The summed E-state index contributed by atoms with van der Waals surface area (Å²) in [5.41, 5.74) is 2.04. The highest BCUT2D eigenvalue weighted by Crippen LogP contribution is 2.20. The van der Waals surface area contributed by atoms with Crippen LogP contribution in [0.5, 0.6) is 0 Å². The number of carbonyl (C=O) groups is 2. The molecule has 2 amide bonds. The summed E-state index contributed by atoms with van der Waals surface area (Å²) in [4.78, 5) is 33.2. The van der Waals surface area contributed by atoms with E-state index in [1.807, 2.05) is 5.43 Å². The number of hydrogen-bond donors (Lipinski definition) is 2. The molecule has 9 nitrogen and oxygen atoms in total. The number of halogens is 1. The van der Waals surface area contributed by atoms with Crippen molar-refractivity contribution in [3.63, 3.8) is 0 Å². The Balaban J connectivity index is 1.91. The van der Waals surface area contributed by atoms with Crippen LogP contribution in [0.25, 0.3) is 0 Å². The first kappa shape index (κ1) is 17.2. The van der Waals surface area contributed by atoms with Gasteiger partial charge in [-0.3, -0.25) is 19.7 Å². The van der Waals surface area contributed by atoms with Crippen LogP contribution in [0.3, 0.4) is 0 Å². The molecular weight excluding hydrogens is 340 g/mol. The summed E-state index contributed by atoms with van der Waals surface area (Å²) in [6, 6.07) is 7.05. The van der Waals surface area contributed by atoms with Gasteiger partial charge in [-0.05, 0) is 18.2 Å². The molecule has 0 aliphatic heterocycles.